The molecule has 0 fully saturated rings. The monoisotopic (exact) mass is 568 g/mol. The Labute approximate surface area is 257 Å². The van der Waals surface area contributed by atoms with Gasteiger partial charge in [-0.3, -0.25) is 0 Å². The lowest BCUT2D eigenvalue weighted by Gasteiger charge is -2.21. The minimum atomic E-state index is 1.21. The molecule has 0 amide bonds. The van der Waals surface area contributed by atoms with Crippen molar-refractivity contribution in [2.45, 2.75) is 23.6 Å². The van der Waals surface area contributed by atoms with Crippen LogP contribution in [0.5, 0.6) is 0 Å². The molecule has 0 N–H and O–H groups in total. The number of rotatable bonds is 4. The van der Waals surface area contributed by atoms with Gasteiger partial charge in [0.2, 0.25) is 11.2 Å². The zero-order chi connectivity index (χ0) is 28.9. The van der Waals surface area contributed by atoms with Crippen LogP contribution in [0.25, 0.3) is 61.1 Å². The summed E-state index contributed by atoms with van der Waals surface area (Å²) in [7, 11) is 0. The zero-order valence-electron chi connectivity index (χ0n) is 24.2. The molecule has 6 aromatic carbocycles. The van der Waals surface area contributed by atoms with Gasteiger partial charge in [-0.15, -0.1) is 0 Å². The van der Waals surface area contributed by atoms with Crippen molar-refractivity contribution in [3.8, 4) is 50.2 Å². The number of benzene rings is 6. The lowest BCUT2D eigenvalue weighted by atomic mass is 9.90. The number of aryl methyl sites for hydroxylation is 2. The van der Waals surface area contributed by atoms with Crippen LogP contribution >= 0.6 is 11.8 Å². The molecule has 0 saturated heterocycles. The number of pyridine rings is 1. The molecule has 1 aliphatic rings. The maximum atomic E-state index is 2.44. The molecule has 0 saturated carbocycles. The molecule has 7 aromatic rings. The standard InChI is InChI=1S/C41H30NS/c1-27-13-9-11-19-33(27)31-21-22-37-38(24-31)43-39-25-32(34-20-12-10-14-28(34)2)23-35-40(30-17-7-4-8-18-30)36(26-42(37)41(35)39)29-15-5-3-6-16-29/h3-26H,1-2H3/q+1. The van der Waals surface area contributed by atoms with Crippen LogP contribution in [0.3, 0.4) is 0 Å². The Kier molecular flexibility index (Phi) is 6.24. The third kappa shape index (κ3) is 4.38. The molecule has 204 valence electrons. The van der Waals surface area contributed by atoms with E-state index in [9.17, 15) is 0 Å². The second-order valence-electron chi connectivity index (χ2n) is 11.3. The SMILES string of the molecule is Cc1ccccc1-c1ccc2c(c1)Sc1cc(-c3ccccc3C)cc3c(-c4ccccc4)c(-c4ccccc4)c[n+]-2c13. The molecule has 8 rings (SSSR count). The maximum Gasteiger partial charge on any atom is 0.233 e. The fraction of sp³-hybridized carbons (Fsp3) is 0.0488. The van der Waals surface area contributed by atoms with Gasteiger partial charge in [0, 0.05) is 11.6 Å². The molecular formula is C41H30NS+. The Morgan fingerprint density at radius 2 is 1.05 bits per heavy atom. The van der Waals surface area contributed by atoms with Gasteiger partial charge in [-0.1, -0.05) is 121 Å². The van der Waals surface area contributed by atoms with E-state index in [2.05, 4.69) is 164 Å². The second-order valence-corrected chi connectivity index (χ2v) is 12.4. The molecule has 0 radical (unpaired) electrons. The van der Waals surface area contributed by atoms with Gasteiger partial charge in [-0.25, -0.2) is 0 Å². The van der Waals surface area contributed by atoms with Crippen molar-refractivity contribution in [2.75, 3.05) is 0 Å². The number of fused-ring (bicyclic) bond motifs is 2. The van der Waals surface area contributed by atoms with Gasteiger partial charge in [0.25, 0.3) is 0 Å². The number of aromatic nitrogens is 1. The third-order valence-corrected chi connectivity index (χ3v) is 9.69. The molecule has 0 unspecified atom stereocenters. The Bertz CT molecular complexity index is 2160. The van der Waals surface area contributed by atoms with E-state index in [0.29, 0.717) is 0 Å². The Morgan fingerprint density at radius 1 is 0.465 bits per heavy atom. The first-order valence-corrected chi connectivity index (χ1v) is 15.6. The number of hydrogen-bond donors (Lipinski definition) is 0. The Balaban J connectivity index is 1.48. The summed E-state index contributed by atoms with van der Waals surface area (Å²) >= 11 is 1.89. The smallest absolute Gasteiger partial charge is 0.157 e. The lowest BCUT2D eigenvalue weighted by molar-refractivity contribution is -0.571. The molecule has 0 spiro atoms. The summed E-state index contributed by atoms with van der Waals surface area (Å²) in [6, 6.07) is 50.9. The van der Waals surface area contributed by atoms with Crippen molar-refractivity contribution in [3.05, 3.63) is 157 Å². The topological polar surface area (TPSA) is 3.88 Å². The van der Waals surface area contributed by atoms with Crippen LogP contribution in [-0.4, -0.2) is 0 Å². The van der Waals surface area contributed by atoms with Crippen molar-refractivity contribution in [3.63, 3.8) is 0 Å². The average Bonchev–Trinajstić information content (AvgIpc) is 3.05. The minimum Gasteiger partial charge on any atom is -0.157 e. The first kappa shape index (κ1) is 25.8. The van der Waals surface area contributed by atoms with Crippen LogP contribution in [0.4, 0.5) is 0 Å². The fourth-order valence-corrected chi connectivity index (χ4v) is 7.69. The summed E-state index contributed by atoms with van der Waals surface area (Å²) in [6.45, 7) is 4.40. The molecule has 2 heteroatoms. The van der Waals surface area contributed by atoms with Gasteiger partial charge in [-0.2, -0.15) is 4.57 Å². The second kappa shape index (κ2) is 10.4. The van der Waals surface area contributed by atoms with Crippen molar-refractivity contribution in [1.82, 2.24) is 0 Å². The normalized spacial score (nSPS) is 11.9. The van der Waals surface area contributed by atoms with E-state index in [4.69, 9.17) is 0 Å². The van der Waals surface area contributed by atoms with Crippen LogP contribution in [-0.2, 0) is 0 Å². The van der Waals surface area contributed by atoms with Gasteiger partial charge in [0.15, 0.2) is 6.20 Å². The Morgan fingerprint density at radius 3 is 1.72 bits per heavy atom. The van der Waals surface area contributed by atoms with Crippen LogP contribution in [0.1, 0.15) is 11.1 Å². The quantitative estimate of drug-likeness (QED) is 0.191. The van der Waals surface area contributed by atoms with Crippen molar-refractivity contribution in [1.29, 1.82) is 0 Å². The highest BCUT2D eigenvalue weighted by Crippen LogP contribution is 2.47. The third-order valence-electron chi connectivity index (χ3n) is 8.61. The van der Waals surface area contributed by atoms with E-state index in [1.54, 1.807) is 0 Å². The maximum absolute atomic E-state index is 2.44. The van der Waals surface area contributed by atoms with Gasteiger partial charge in [0.1, 0.15) is 0 Å². The summed E-state index contributed by atoms with van der Waals surface area (Å²) in [5.41, 5.74) is 15.1. The van der Waals surface area contributed by atoms with Crippen LogP contribution < -0.4 is 4.57 Å². The van der Waals surface area contributed by atoms with Gasteiger partial charge in [-0.05, 0) is 82.6 Å². The summed E-state index contributed by atoms with van der Waals surface area (Å²) in [6.07, 6.45) is 2.36. The van der Waals surface area contributed by atoms with E-state index in [1.165, 1.54) is 82.0 Å². The molecule has 0 aliphatic carbocycles. The van der Waals surface area contributed by atoms with E-state index in [-0.39, 0.29) is 0 Å². The first-order chi connectivity index (χ1) is 21.2. The van der Waals surface area contributed by atoms with Gasteiger partial charge in [0.05, 0.1) is 20.7 Å². The predicted molar refractivity (Wildman–Crippen MR) is 181 cm³/mol. The average molecular weight is 569 g/mol. The summed E-state index contributed by atoms with van der Waals surface area (Å²) in [4.78, 5) is 2.55. The molecule has 1 aliphatic heterocycles. The zero-order valence-corrected chi connectivity index (χ0v) is 25.0. The molecule has 1 aromatic heterocycles. The predicted octanol–water partition coefficient (Wildman–Crippen LogP) is 10.9. The van der Waals surface area contributed by atoms with Crippen LogP contribution in [0, 0.1) is 13.8 Å². The summed E-state index contributed by atoms with van der Waals surface area (Å²) in [5, 5.41) is 1.27. The summed E-state index contributed by atoms with van der Waals surface area (Å²) in [5.74, 6) is 0. The largest absolute Gasteiger partial charge is 0.233 e. The summed E-state index contributed by atoms with van der Waals surface area (Å²) < 4.78 is 2.44. The van der Waals surface area contributed by atoms with E-state index >= 15 is 0 Å². The van der Waals surface area contributed by atoms with Crippen LogP contribution in [0.15, 0.2) is 156 Å². The van der Waals surface area contributed by atoms with Crippen molar-refractivity contribution >= 4 is 22.7 Å². The van der Waals surface area contributed by atoms with Crippen molar-refractivity contribution < 1.29 is 4.57 Å². The highest BCUT2D eigenvalue weighted by Gasteiger charge is 2.32. The van der Waals surface area contributed by atoms with E-state index in [1.807, 2.05) is 11.8 Å². The highest BCUT2D eigenvalue weighted by atomic mass is 32.2. The molecule has 0 atom stereocenters. The fourth-order valence-electron chi connectivity index (χ4n) is 6.50. The van der Waals surface area contributed by atoms with Gasteiger partial charge < -0.3 is 0 Å². The minimum absolute atomic E-state index is 1.21. The van der Waals surface area contributed by atoms with Crippen LogP contribution in [0.2, 0.25) is 0 Å². The lowest BCUT2D eigenvalue weighted by Crippen LogP contribution is -2.35. The molecule has 43 heavy (non-hydrogen) atoms. The van der Waals surface area contributed by atoms with Crippen molar-refractivity contribution in [2.24, 2.45) is 0 Å². The molecule has 1 nitrogen and oxygen atoms in total. The first-order valence-electron chi connectivity index (χ1n) is 14.8. The van der Waals surface area contributed by atoms with Gasteiger partial charge >= 0.3 is 0 Å². The van der Waals surface area contributed by atoms with E-state index in [0.717, 1.165) is 0 Å². The number of nitrogens with zero attached hydrogens (tertiary/aromatic N) is 1. The highest BCUT2D eigenvalue weighted by molar-refractivity contribution is 7.99. The molecule has 2 heterocycles. The molecule has 0 bridgehead atoms. The number of hydrogen-bond acceptors (Lipinski definition) is 1. The Hall–Kier alpha value is -4.92. The van der Waals surface area contributed by atoms with E-state index < -0.39 is 0 Å². The molecular weight excluding hydrogens is 539 g/mol.